The van der Waals surface area contributed by atoms with Crippen molar-refractivity contribution in [3.05, 3.63) is 113 Å². The van der Waals surface area contributed by atoms with Gasteiger partial charge < -0.3 is 23.9 Å². The van der Waals surface area contributed by atoms with E-state index in [9.17, 15) is 19.8 Å². The molecule has 2 aromatic heterocycles. The number of rotatable bonds is 9. The Hall–Kier alpha value is -4.53. The van der Waals surface area contributed by atoms with Gasteiger partial charge in [-0.15, -0.1) is 5.06 Å². The van der Waals surface area contributed by atoms with E-state index >= 15 is 0 Å². The first-order valence-corrected chi connectivity index (χ1v) is 12.5. The number of aliphatic carboxylic acids is 1. The second-order valence-electron chi connectivity index (χ2n) is 9.08. The average molecular weight is 546 g/mol. The summed E-state index contributed by atoms with van der Waals surface area (Å²) < 4.78 is 11.0. The number of hydroxylamine groups is 2. The van der Waals surface area contributed by atoms with Crippen LogP contribution in [0.5, 0.6) is 5.75 Å². The molecule has 2 N–H and O–H groups in total. The van der Waals surface area contributed by atoms with Crippen LogP contribution in [-0.4, -0.2) is 33.3 Å². The third kappa shape index (κ3) is 5.82. The minimum Gasteiger partial charge on any atom is -0.508 e. The second-order valence-corrected chi connectivity index (χ2v) is 9.52. The number of carboxylic acids is 1. The van der Waals surface area contributed by atoms with E-state index < -0.39 is 18.0 Å². The molecule has 0 saturated heterocycles. The zero-order valence-corrected chi connectivity index (χ0v) is 21.6. The van der Waals surface area contributed by atoms with Crippen molar-refractivity contribution in [3.63, 3.8) is 0 Å². The predicted molar refractivity (Wildman–Crippen MR) is 144 cm³/mol. The number of hydrogen-bond acceptors (Lipinski definition) is 7. The summed E-state index contributed by atoms with van der Waals surface area (Å²) in [6.45, 7) is 1.72. The van der Waals surface area contributed by atoms with E-state index in [1.54, 1.807) is 43.3 Å². The Kier molecular flexibility index (Phi) is 7.40. The Labute approximate surface area is 228 Å². The SMILES string of the molecule is Cc1c(C(=O)ON(Cc2ccoc2)[C@@H](Cc2ccc(O)cc2)C(=O)O)oc2ccc(-c3ccc(Cl)cc3)cc12. The lowest BCUT2D eigenvalue weighted by molar-refractivity contribution is -0.175. The Bertz CT molecular complexity index is 1610. The molecule has 0 saturated carbocycles. The van der Waals surface area contributed by atoms with E-state index in [2.05, 4.69) is 0 Å². The average Bonchev–Trinajstić information content (AvgIpc) is 3.55. The summed E-state index contributed by atoms with van der Waals surface area (Å²) in [5, 5.41) is 22.1. The fraction of sp³-hybridized carbons (Fsp3) is 0.133. The van der Waals surface area contributed by atoms with E-state index in [1.807, 2.05) is 24.3 Å². The molecule has 0 aliphatic heterocycles. The molecule has 5 aromatic rings. The number of furan rings is 2. The van der Waals surface area contributed by atoms with E-state index in [1.165, 1.54) is 24.7 Å². The molecule has 8 nitrogen and oxygen atoms in total. The molecular formula is C30H24ClNO7. The molecule has 39 heavy (non-hydrogen) atoms. The highest BCUT2D eigenvalue weighted by Gasteiger charge is 2.32. The Balaban J connectivity index is 1.44. The van der Waals surface area contributed by atoms with E-state index in [-0.39, 0.29) is 24.5 Å². The zero-order chi connectivity index (χ0) is 27.5. The lowest BCUT2D eigenvalue weighted by atomic mass is 10.0. The molecule has 5 rings (SSSR count). The molecule has 0 amide bonds. The highest BCUT2D eigenvalue weighted by Crippen LogP contribution is 2.31. The molecule has 0 spiro atoms. The number of phenolic OH excluding ortho intramolecular Hbond substituents is 1. The predicted octanol–water partition coefficient (Wildman–Crippen LogP) is 6.63. The van der Waals surface area contributed by atoms with Gasteiger partial charge in [0.2, 0.25) is 5.76 Å². The highest BCUT2D eigenvalue weighted by molar-refractivity contribution is 6.30. The van der Waals surface area contributed by atoms with Crippen LogP contribution in [0.25, 0.3) is 22.1 Å². The van der Waals surface area contributed by atoms with Gasteiger partial charge in [-0.3, -0.25) is 4.79 Å². The maximum absolute atomic E-state index is 13.4. The standard InChI is InChI=1S/C30H24ClNO7/c1-18-25-15-22(21-4-7-23(31)8-5-21)6-11-27(25)38-28(18)30(36)39-32(16-20-12-13-37-17-20)26(29(34)35)14-19-2-9-24(33)10-3-19/h2-13,15,17,26,33H,14,16H2,1H3,(H,34,35)/t26-/m0/s1. The number of nitrogens with zero attached hydrogens (tertiary/aromatic N) is 1. The molecule has 0 bridgehead atoms. The van der Waals surface area contributed by atoms with Gasteiger partial charge in [-0.2, -0.15) is 0 Å². The highest BCUT2D eigenvalue weighted by atomic mass is 35.5. The smallest absolute Gasteiger partial charge is 0.393 e. The molecular weight excluding hydrogens is 522 g/mol. The van der Waals surface area contributed by atoms with Crippen LogP contribution in [0.1, 0.15) is 27.2 Å². The first-order chi connectivity index (χ1) is 18.8. The topological polar surface area (TPSA) is 113 Å². The third-order valence-corrected chi connectivity index (χ3v) is 6.67. The van der Waals surface area contributed by atoms with Gasteiger partial charge in [0.1, 0.15) is 17.4 Å². The van der Waals surface area contributed by atoms with Crippen LogP contribution in [0.3, 0.4) is 0 Å². The van der Waals surface area contributed by atoms with Crippen LogP contribution in [0, 0.1) is 6.92 Å². The largest absolute Gasteiger partial charge is 0.508 e. The molecule has 0 aliphatic rings. The molecule has 2 heterocycles. The van der Waals surface area contributed by atoms with Gasteiger partial charge in [0.05, 0.1) is 19.1 Å². The van der Waals surface area contributed by atoms with Gasteiger partial charge in [-0.25, -0.2) is 4.79 Å². The summed E-state index contributed by atoms with van der Waals surface area (Å²) in [5.74, 6) is -1.97. The number of carbonyl (C=O) groups excluding carboxylic acids is 1. The van der Waals surface area contributed by atoms with Crippen LogP contribution < -0.4 is 0 Å². The normalized spacial score (nSPS) is 12.1. The summed E-state index contributed by atoms with van der Waals surface area (Å²) >= 11 is 6.01. The molecule has 1 atom stereocenters. The number of benzene rings is 3. The summed E-state index contributed by atoms with van der Waals surface area (Å²) in [6, 6.07) is 19.6. The van der Waals surface area contributed by atoms with Crippen LogP contribution in [0.15, 0.2) is 94.2 Å². The number of carbonyl (C=O) groups is 2. The molecule has 0 fully saturated rings. The van der Waals surface area contributed by atoms with Crippen LogP contribution >= 0.6 is 11.6 Å². The monoisotopic (exact) mass is 545 g/mol. The van der Waals surface area contributed by atoms with Crippen molar-refractivity contribution < 1.29 is 33.5 Å². The van der Waals surface area contributed by atoms with E-state index in [4.69, 9.17) is 25.3 Å². The summed E-state index contributed by atoms with van der Waals surface area (Å²) in [7, 11) is 0. The van der Waals surface area contributed by atoms with Crippen LogP contribution in [0.2, 0.25) is 5.02 Å². The molecule has 198 valence electrons. The zero-order valence-electron chi connectivity index (χ0n) is 20.8. The van der Waals surface area contributed by atoms with Crippen molar-refractivity contribution in [2.24, 2.45) is 0 Å². The Morgan fingerprint density at radius 2 is 1.69 bits per heavy atom. The number of aromatic hydroxyl groups is 1. The van der Waals surface area contributed by atoms with Crippen molar-refractivity contribution >= 4 is 34.5 Å². The first-order valence-electron chi connectivity index (χ1n) is 12.1. The number of fused-ring (bicyclic) bond motifs is 1. The minimum atomic E-state index is -1.23. The second kappa shape index (κ2) is 11.1. The number of phenols is 1. The van der Waals surface area contributed by atoms with Gasteiger partial charge in [0.25, 0.3) is 0 Å². The van der Waals surface area contributed by atoms with E-state index in [0.717, 1.165) is 21.6 Å². The third-order valence-electron chi connectivity index (χ3n) is 6.42. The summed E-state index contributed by atoms with van der Waals surface area (Å²) in [4.78, 5) is 31.4. The maximum atomic E-state index is 13.4. The van der Waals surface area contributed by atoms with Gasteiger partial charge in [-0.1, -0.05) is 41.9 Å². The first kappa shape index (κ1) is 26.1. The fourth-order valence-corrected chi connectivity index (χ4v) is 4.45. The maximum Gasteiger partial charge on any atom is 0.393 e. The van der Waals surface area contributed by atoms with E-state index in [0.29, 0.717) is 27.3 Å². The lowest BCUT2D eigenvalue weighted by Gasteiger charge is -2.26. The minimum absolute atomic E-state index is 0.0182. The lowest BCUT2D eigenvalue weighted by Crippen LogP contribution is -2.43. The number of hydrogen-bond donors (Lipinski definition) is 2. The number of carboxylic acid groups (broad SMARTS) is 1. The van der Waals surface area contributed by atoms with Crippen molar-refractivity contribution in [1.82, 2.24) is 5.06 Å². The molecule has 0 radical (unpaired) electrons. The van der Waals surface area contributed by atoms with Gasteiger partial charge in [-0.05, 0) is 66.1 Å². The van der Waals surface area contributed by atoms with Crippen LogP contribution in [-0.2, 0) is 22.6 Å². The summed E-state index contributed by atoms with van der Waals surface area (Å²) in [6.07, 6.45) is 2.92. The van der Waals surface area contributed by atoms with Gasteiger partial charge >= 0.3 is 11.9 Å². The number of halogens is 1. The fourth-order valence-electron chi connectivity index (χ4n) is 4.32. The van der Waals surface area contributed by atoms with Gasteiger partial charge in [0, 0.05) is 28.0 Å². The molecule has 3 aromatic carbocycles. The Morgan fingerprint density at radius 3 is 2.36 bits per heavy atom. The number of aryl methyl sites for hydroxylation is 1. The Morgan fingerprint density at radius 1 is 0.974 bits per heavy atom. The van der Waals surface area contributed by atoms with Crippen molar-refractivity contribution in [2.75, 3.05) is 0 Å². The quantitative estimate of drug-likeness (QED) is 0.198. The van der Waals surface area contributed by atoms with Crippen molar-refractivity contribution in [3.8, 4) is 16.9 Å². The van der Waals surface area contributed by atoms with Crippen molar-refractivity contribution in [2.45, 2.75) is 25.9 Å². The van der Waals surface area contributed by atoms with Crippen molar-refractivity contribution in [1.29, 1.82) is 0 Å². The molecule has 9 heteroatoms. The molecule has 0 unspecified atom stereocenters. The van der Waals surface area contributed by atoms with Crippen LogP contribution in [0.4, 0.5) is 0 Å². The summed E-state index contributed by atoms with van der Waals surface area (Å²) in [5.41, 5.74) is 4.20. The molecule has 0 aliphatic carbocycles. The van der Waals surface area contributed by atoms with Gasteiger partial charge in [0.15, 0.2) is 0 Å².